The van der Waals surface area contributed by atoms with E-state index in [1.165, 1.54) is 0 Å². The largest absolute Gasteiger partial charge is 0.493 e. The minimum atomic E-state index is -0.474. The lowest BCUT2D eigenvalue weighted by atomic mass is 10.3. The second kappa shape index (κ2) is 5.41. The Morgan fingerprint density at radius 1 is 1.31 bits per heavy atom. The number of rotatable bonds is 4. The zero-order chi connectivity index (χ0) is 17.8. The maximum absolute atomic E-state index is 11.4. The average Bonchev–Trinajstić information content (AvgIpc) is 3.53. The number of aromatic nitrogens is 6. The van der Waals surface area contributed by atoms with E-state index in [4.69, 9.17) is 0 Å². The van der Waals surface area contributed by atoms with E-state index < -0.39 is 5.69 Å². The molecule has 2 saturated carbocycles. The first-order valence-corrected chi connectivity index (χ1v) is 8.64. The van der Waals surface area contributed by atoms with Gasteiger partial charge in [0.25, 0.3) is 5.62 Å². The summed E-state index contributed by atoms with van der Waals surface area (Å²) in [6.45, 7) is 0. The van der Waals surface area contributed by atoms with Crippen LogP contribution in [-0.4, -0.2) is 53.8 Å². The molecular weight excluding hydrogens is 336 g/mol. The maximum atomic E-state index is 11.4. The molecule has 0 aliphatic heterocycles. The van der Waals surface area contributed by atoms with Crippen molar-refractivity contribution in [3.05, 3.63) is 33.2 Å². The lowest BCUT2D eigenvalue weighted by Crippen LogP contribution is -2.30. The van der Waals surface area contributed by atoms with Crippen LogP contribution in [0.2, 0.25) is 0 Å². The third-order valence-electron chi connectivity index (χ3n) is 4.66. The predicted molar refractivity (Wildman–Crippen MR) is 92.7 cm³/mol. The van der Waals surface area contributed by atoms with Crippen molar-refractivity contribution < 1.29 is 5.11 Å². The molecule has 10 heteroatoms. The Hall–Kier alpha value is -3.17. The molecule has 3 aromatic heterocycles. The van der Waals surface area contributed by atoms with Crippen LogP contribution in [0.15, 0.2) is 16.0 Å². The van der Waals surface area contributed by atoms with E-state index in [0.29, 0.717) is 34.5 Å². The summed E-state index contributed by atoms with van der Waals surface area (Å²) in [6, 6.07) is 0.764. The first-order chi connectivity index (χ1) is 12.6. The van der Waals surface area contributed by atoms with Crippen molar-refractivity contribution in [1.29, 1.82) is 0 Å². The van der Waals surface area contributed by atoms with Crippen LogP contribution in [0.4, 0.5) is 5.95 Å². The number of hydrogen-bond acceptors (Lipinski definition) is 7. The normalized spacial score (nSPS) is 18.8. The van der Waals surface area contributed by atoms with Gasteiger partial charge < -0.3 is 15.0 Å². The molecule has 2 fully saturated rings. The highest BCUT2D eigenvalue weighted by Crippen LogP contribution is 2.27. The van der Waals surface area contributed by atoms with Gasteiger partial charge in [0.05, 0.1) is 12.2 Å². The van der Waals surface area contributed by atoms with E-state index in [1.54, 1.807) is 16.8 Å². The average molecular weight is 354 g/mol. The molecule has 0 unspecified atom stereocenters. The first-order valence-electron chi connectivity index (χ1n) is 8.64. The van der Waals surface area contributed by atoms with E-state index in [2.05, 4.69) is 34.9 Å². The van der Waals surface area contributed by atoms with Gasteiger partial charge in [0.2, 0.25) is 11.8 Å². The van der Waals surface area contributed by atoms with Crippen molar-refractivity contribution in [3.63, 3.8) is 0 Å². The topological polar surface area (TPSA) is 128 Å². The van der Waals surface area contributed by atoms with Gasteiger partial charge in [0.15, 0.2) is 5.65 Å². The summed E-state index contributed by atoms with van der Waals surface area (Å²) >= 11 is 0. The monoisotopic (exact) mass is 354 g/mol. The van der Waals surface area contributed by atoms with E-state index in [9.17, 15) is 9.90 Å². The molecule has 0 atom stereocenters. The van der Waals surface area contributed by atoms with Crippen LogP contribution in [0, 0.1) is 0 Å². The molecular formula is C16H18N8O2. The van der Waals surface area contributed by atoms with Crippen LogP contribution in [0.5, 0.6) is 5.88 Å². The Bertz CT molecular complexity index is 1170. The summed E-state index contributed by atoms with van der Waals surface area (Å²) in [6.07, 6.45) is 7.66. The molecule has 0 saturated heterocycles. The molecule has 10 nitrogen and oxygen atoms in total. The van der Waals surface area contributed by atoms with Gasteiger partial charge in [-0.25, -0.2) is 9.79 Å². The molecule has 3 heterocycles. The smallest absolute Gasteiger partial charge is 0.326 e. The number of fused-ring (bicyclic) bond motifs is 1. The number of hydrogen-bond donors (Lipinski definition) is 3. The van der Waals surface area contributed by atoms with Gasteiger partial charge in [-0.3, -0.25) is 4.98 Å². The first kappa shape index (κ1) is 15.1. The van der Waals surface area contributed by atoms with E-state index in [1.807, 2.05) is 7.05 Å². The fraction of sp³-hybridized carbons (Fsp3) is 0.438. The molecule has 0 amide bonds. The summed E-state index contributed by atoms with van der Waals surface area (Å²) < 4.78 is 1.61. The number of nitrogens with one attached hydrogen (secondary N) is 2. The summed E-state index contributed by atoms with van der Waals surface area (Å²) in [7, 11) is 1.99. The van der Waals surface area contributed by atoms with Crippen molar-refractivity contribution in [2.75, 3.05) is 11.9 Å². The Balaban J connectivity index is 1.74. The van der Waals surface area contributed by atoms with Gasteiger partial charge in [-0.15, -0.1) is 0 Å². The summed E-state index contributed by atoms with van der Waals surface area (Å²) in [5.41, 5.74) is 0.925. The fourth-order valence-corrected chi connectivity index (χ4v) is 2.85. The van der Waals surface area contributed by atoms with Gasteiger partial charge in [0, 0.05) is 18.3 Å². The number of anilines is 1. The zero-order valence-electron chi connectivity index (χ0n) is 14.2. The number of aromatic amines is 2. The lowest BCUT2D eigenvalue weighted by Gasteiger charge is -2.15. The van der Waals surface area contributed by atoms with Gasteiger partial charge in [-0.2, -0.15) is 19.6 Å². The standard InChI is InChI=1S/C16H18N8O2/c1-23(10-4-5-10)14-20-12-8(6-11-13(25)21-16(26)19-11)7-17-24(12)15(22-14)18-9-2-3-9/h6-7,9-10,25H,2-5H2,1H3,(H2,19,21,26). The van der Waals surface area contributed by atoms with Gasteiger partial charge in [-0.05, 0) is 31.8 Å². The quantitative estimate of drug-likeness (QED) is 0.555. The van der Waals surface area contributed by atoms with Crippen LogP contribution < -0.4 is 21.4 Å². The number of H-pyrrole nitrogens is 2. The van der Waals surface area contributed by atoms with Gasteiger partial charge in [-0.1, -0.05) is 0 Å². The number of nitrogens with zero attached hydrogens (tertiary/aromatic N) is 6. The van der Waals surface area contributed by atoms with Gasteiger partial charge >= 0.3 is 5.69 Å². The lowest BCUT2D eigenvalue weighted by molar-refractivity contribution is 0.454. The summed E-state index contributed by atoms with van der Waals surface area (Å²) in [5, 5.41) is 14.8. The Morgan fingerprint density at radius 3 is 2.77 bits per heavy atom. The SMILES string of the molecule is CN(c1nc(=NC2CC2)n2ncc(=Cc3[nH]c(=O)[nH]c3O)c2n1)C1CC1. The minimum absolute atomic E-state index is 0.221. The van der Waals surface area contributed by atoms with E-state index >= 15 is 0 Å². The molecule has 2 aliphatic carbocycles. The maximum Gasteiger partial charge on any atom is 0.326 e. The second-order valence-electron chi connectivity index (χ2n) is 6.85. The second-order valence-corrected chi connectivity index (χ2v) is 6.85. The molecule has 0 spiro atoms. The number of aromatic hydroxyl groups is 1. The highest BCUT2D eigenvalue weighted by molar-refractivity contribution is 5.57. The molecule has 3 N–H and O–H groups in total. The highest BCUT2D eigenvalue weighted by Gasteiger charge is 2.29. The van der Waals surface area contributed by atoms with Crippen molar-refractivity contribution >= 4 is 17.7 Å². The van der Waals surface area contributed by atoms with Crippen LogP contribution in [0.1, 0.15) is 31.4 Å². The van der Waals surface area contributed by atoms with Crippen molar-refractivity contribution in [2.45, 2.75) is 37.8 Å². The van der Waals surface area contributed by atoms with Gasteiger partial charge in [0.1, 0.15) is 5.69 Å². The summed E-state index contributed by atoms with van der Waals surface area (Å²) in [5.74, 6) is 0.392. The molecule has 3 aromatic rings. The van der Waals surface area contributed by atoms with Crippen LogP contribution in [-0.2, 0) is 0 Å². The van der Waals surface area contributed by atoms with Crippen LogP contribution in [0.3, 0.4) is 0 Å². The van der Waals surface area contributed by atoms with Crippen molar-refractivity contribution in [2.24, 2.45) is 4.99 Å². The Morgan fingerprint density at radius 2 is 2.12 bits per heavy atom. The molecule has 0 radical (unpaired) electrons. The molecule has 134 valence electrons. The van der Waals surface area contributed by atoms with E-state index in [-0.39, 0.29) is 11.6 Å². The van der Waals surface area contributed by atoms with Crippen molar-refractivity contribution in [1.82, 2.24) is 29.5 Å². The molecule has 2 aliphatic rings. The van der Waals surface area contributed by atoms with Crippen LogP contribution in [0.25, 0.3) is 11.7 Å². The molecule has 26 heavy (non-hydrogen) atoms. The fourth-order valence-electron chi connectivity index (χ4n) is 2.85. The third-order valence-corrected chi connectivity index (χ3v) is 4.66. The molecule has 0 aromatic carbocycles. The zero-order valence-corrected chi connectivity index (χ0v) is 14.2. The van der Waals surface area contributed by atoms with E-state index in [0.717, 1.165) is 25.7 Å². The summed E-state index contributed by atoms with van der Waals surface area (Å²) in [4.78, 5) is 32.2. The highest BCUT2D eigenvalue weighted by atomic mass is 16.3. The predicted octanol–water partition coefficient (Wildman–Crippen LogP) is -0.944. The van der Waals surface area contributed by atoms with Crippen LogP contribution >= 0.6 is 0 Å². The Labute approximate surface area is 146 Å². The molecule has 0 bridgehead atoms. The third kappa shape index (κ3) is 2.63. The molecule has 5 rings (SSSR count). The number of imidazole rings is 1. The minimum Gasteiger partial charge on any atom is -0.493 e. The Kier molecular flexibility index (Phi) is 3.15. The van der Waals surface area contributed by atoms with Crippen molar-refractivity contribution in [3.8, 4) is 5.88 Å².